The standard InChI is InChI=1S/C19H17ClN2O3/c1-2-22(13-8-4-3-5-9-13)19(25)16-17(23)15-12(11-20)7-6-10-14(15)21-18(16)24/h3-10H,2,11H2,1H3,(H2,21,23,24). The van der Waals surface area contributed by atoms with Crippen LogP contribution in [0.3, 0.4) is 0 Å². The molecular weight excluding hydrogens is 340 g/mol. The molecule has 128 valence electrons. The van der Waals surface area contributed by atoms with E-state index in [1.165, 1.54) is 4.90 Å². The van der Waals surface area contributed by atoms with Crippen LogP contribution in [0.1, 0.15) is 22.8 Å². The van der Waals surface area contributed by atoms with Gasteiger partial charge in [-0.05, 0) is 30.7 Å². The molecule has 0 saturated heterocycles. The van der Waals surface area contributed by atoms with Gasteiger partial charge in [0.15, 0.2) is 0 Å². The van der Waals surface area contributed by atoms with Crippen LogP contribution in [0, 0.1) is 0 Å². The highest BCUT2D eigenvalue weighted by Crippen LogP contribution is 2.30. The number of alkyl halides is 1. The summed E-state index contributed by atoms with van der Waals surface area (Å²) in [4.78, 5) is 29.5. The summed E-state index contributed by atoms with van der Waals surface area (Å²) in [5.74, 6) is -0.742. The van der Waals surface area contributed by atoms with Crippen molar-refractivity contribution in [2.24, 2.45) is 0 Å². The molecule has 0 atom stereocenters. The van der Waals surface area contributed by atoms with Gasteiger partial charge < -0.3 is 15.0 Å². The fraction of sp³-hybridized carbons (Fsp3) is 0.158. The first-order chi connectivity index (χ1) is 12.1. The number of nitrogens with zero attached hydrogens (tertiary/aromatic N) is 1. The van der Waals surface area contributed by atoms with E-state index in [-0.39, 0.29) is 17.2 Å². The molecule has 0 saturated carbocycles. The Hall–Kier alpha value is -2.79. The van der Waals surface area contributed by atoms with Crippen molar-refractivity contribution < 1.29 is 9.90 Å². The Morgan fingerprint density at radius 3 is 2.52 bits per heavy atom. The van der Waals surface area contributed by atoms with Gasteiger partial charge in [-0.1, -0.05) is 30.3 Å². The van der Waals surface area contributed by atoms with Crippen molar-refractivity contribution in [2.75, 3.05) is 11.4 Å². The minimum absolute atomic E-state index is 0.154. The Bertz CT molecular complexity index is 983. The molecule has 25 heavy (non-hydrogen) atoms. The molecule has 1 amide bonds. The van der Waals surface area contributed by atoms with Gasteiger partial charge in [-0.3, -0.25) is 9.59 Å². The Balaban J connectivity index is 2.21. The molecule has 0 bridgehead atoms. The highest BCUT2D eigenvalue weighted by molar-refractivity contribution is 6.18. The number of hydrogen-bond donors (Lipinski definition) is 2. The molecule has 6 heteroatoms. The Morgan fingerprint density at radius 1 is 1.16 bits per heavy atom. The molecule has 1 heterocycles. The van der Waals surface area contributed by atoms with Crippen LogP contribution in [0.15, 0.2) is 53.3 Å². The molecule has 0 fully saturated rings. The number of hydrogen-bond acceptors (Lipinski definition) is 3. The second-order valence-electron chi connectivity index (χ2n) is 5.54. The Kier molecular flexibility index (Phi) is 4.76. The van der Waals surface area contributed by atoms with Crippen molar-refractivity contribution in [1.82, 2.24) is 4.98 Å². The number of carbonyl (C=O) groups is 1. The second kappa shape index (κ2) is 6.99. The van der Waals surface area contributed by atoms with Crippen LogP contribution < -0.4 is 10.5 Å². The smallest absolute Gasteiger partial charge is 0.267 e. The van der Waals surface area contributed by atoms with Gasteiger partial charge in [0.25, 0.3) is 11.5 Å². The van der Waals surface area contributed by atoms with E-state index in [0.29, 0.717) is 28.7 Å². The van der Waals surface area contributed by atoms with Gasteiger partial charge in [0.1, 0.15) is 11.3 Å². The minimum Gasteiger partial charge on any atom is -0.506 e. The van der Waals surface area contributed by atoms with Crippen LogP contribution in [-0.4, -0.2) is 22.5 Å². The maximum atomic E-state index is 13.0. The number of benzene rings is 2. The Labute approximate surface area is 149 Å². The number of amides is 1. The van der Waals surface area contributed by atoms with Gasteiger partial charge in [0, 0.05) is 23.5 Å². The molecule has 5 nitrogen and oxygen atoms in total. The number of halogens is 1. The van der Waals surface area contributed by atoms with E-state index >= 15 is 0 Å². The van der Waals surface area contributed by atoms with Gasteiger partial charge in [-0.2, -0.15) is 0 Å². The summed E-state index contributed by atoms with van der Waals surface area (Å²) in [5.41, 5.74) is 0.830. The first-order valence-electron chi connectivity index (χ1n) is 7.88. The number of aromatic amines is 1. The van der Waals surface area contributed by atoms with Gasteiger partial charge in [0.2, 0.25) is 0 Å². The summed E-state index contributed by atoms with van der Waals surface area (Å²) in [6, 6.07) is 14.2. The number of pyridine rings is 1. The summed E-state index contributed by atoms with van der Waals surface area (Å²) in [6.07, 6.45) is 0. The number of aromatic nitrogens is 1. The van der Waals surface area contributed by atoms with E-state index in [2.05, 4.69) is 4.98 Å². The normalized spacial score (nSPS) is 10.8. The monoisotopic (exact) mass is 356 g/mol. The third kappa shape index (κ3) is 2.98. The zero-order chi connectivity index (χ0) is 18.0. The molecule has 3 aromatic rings. The molecule has 1 aromatic heterocycles. The number of nitrogens with one attached hydrogen (secondary N) is 1. The van der Waals surface area contributed by atoms with Crippen LogP contribution >= 0.6 is 11.6 Å². The Morgan fingerprint density at radius 2 is 1.88 bits per heavy atom. The van der Waals surface area contributed by atoms with Crippen molar-refractivity contribution in [3.8, 4) is 5.75 Å². The van der Waals surface area contributed by atoms with Crippen molar-refractivity contribution >= 4 is 34.1 Å². The largest absolute Gasteiger partial charge is 0.506 e. The van der Waals surface area contributed by atoms with Gasteiger partial charge >= 0.3 is 0 Å². The van der Waals surface area contributed by atoms with Crippen LogP contribution in [0.25, 0.3) is 10.9 Å². The van der Waals surface area contributed by atoms with Crippen LogP contribution in [0.2, 0.25) is 0 Å². The quantitative estimate of drug-likeness (QED) is 0.701. The molecule has 0 unspecified atom stereocenters. The van der Waals surface area contributed by atoms with Crippen LogP contribution in [0.4, 0.5) is 5.69 Å². The van der Waals surface area contributed by atoms with Crippen LogP contribution in [0.5, 0.6) is 5.75 Å². The molecule has 0 aliphatic carbocycles. The second-order valence-corrected chi connectivity index (χ2v) is 5.80. The summed E-state index contributed by atoms with van der Waals surface area (Å²) in [6.45, 7) is 2.16. The lowest BCUT2D eigenvalue weighted by Gasteiger charge is -2.21. The van der Waals surface area contributed by atoms with Crippen molar-refractivity contribution in [1.29, 1.82) is 0 Å². The third-order valence-corrected chi connectivity index (χ3v) is 4.37. The predicted molar refractivity (Wildman–Crippen MR) is 99.6 cm³/mol. The van der Waals surface area contributed by atoms with Crippen molar-refractivity contribution in [3.05, 3.63) is 70.0 Å². The fourth-order valence-electron chi connectivity index (χ4n) is 2.90. The van der Waals surface area contributed by atoms with E-state index in [0.717, 1.165) is 0 Å². The van der Waals surface area contributed by atoms with Crippen molar-refractivity contribution in [2.45, 2.75) is 12.8 Å². The highest BCUT2D eigenvalue weighted by atomic mass is 35.5. The summed E-state index contributed by atoms with van der Waals surface area (Å²) >= 11 is 5.94. The summed E-state index contributed by atoms with van der Waals surface area (Å²) in [5, 5.41) is 11.1. The zero-order valence-corrected chi connectivity index (χ0v) is 14.4. The van der Waals surface area contributed by atoms with Gasteiger partial charge in [-0.15, -0.1) is 11.6 Å². The number of H-pyrrole nitrogens is 1. The van der Waals surface area contributed by atoms with Crippen LogP contribution in [-0.2, 0) is 5.88 Å². The lowest BCUT2D eigenvalue weighted by atomic mass is 10.0. The predicted octanol–water partition coefficient (Wildman–Crippen LogP) is 3.64. The summed E-state index contributed by atoms with van der Waals surface area (Å²) < 4.78 is 0. The lowest BCUT2D eigenvalue weighted by Crippen LogP contribution is -2.34. The zero-order valence-electron chi connectivity index (χ0n) is 13.6. The van der Waals surface area contributed by atoms with Crippen molar-refractivity contribution in [3.63, 3.8) is 0 Å². The maximum Gasteiger partial charge on any atom is 0.267 e. The van der Waals surface area contributed by atoms with E-state index in [1.54, 1.807) is 49.4 Å². The number of carbonyl (C=O) groups excluding carboxylic acids is 1. The number of aromatic hydroxyl groups is 1. The summed E-state index contributed by atoms with van der Waals surface area (Å²) in [7, 11) is 0. The van der Waals surface area contributed by atoms with E-state index < -0.39 is 11.5 Å². The fourth-order valence-corrected chi connectivity index (χ4v) is 3.12. The lowest BCUT2D eigenvalue weighted by molar-refractivity contribution is 0.0984. The first kappa shape index (κ1) is 17.0. The highest BCUT2D eigenvalue weighted by Gasteiger charge is 2.25. The van der Waals surface area contributed by atoms with Gasteiger partial charge in [-0.25, -0.2) is 0 Å². The molecule has 0 aliphatic rings. The topological polar surface area (TPSA) is 73.4 Å². The first-order valence-corrected chi connectivity index (χ1v) is 8.41. The number of anilines is 1. The SMILES string of the molecule is CCN(C(=O)c1c(O)c2c(CCl)cccc2[nH]c1=O)c1ccccc1. The molecule has 0 aliphatic heterocycles. The molecule has 3 rings (SSSR count). The van der Waals surface area contributed by atoms with E-state index in [9.17, 15) is 14.7 Å². The number of fused-ring (bicyclic) bond motifs is 1. The minimum atomic E-state index is -0.629. The maximum absolute atomic E-state index is 13.0. The molecule has 2 aromatic carbocycles. The van der Waals surface area contributed by atoms with E-state index in [4.69, 9.17) is 11.6 Å². The van der Waals surface area contributed by atoms with E-state index in [1.807, 2.05) is 6.07 Å². The molecule has 0 radical (unpaired) electrons. The molecule has 2 N–H and O–H groups in total. The number of para-hydroxylation sites is 1. The number of rotatable bonds is 4. The molecule has 0 spiro atoms. The third-order valence-electron chi connectivity index (χ3n) is 4.09. The molecular formula is C19H17ClN2O3. The average Bonchev–Trinajstić information content (AvgIpc) is 2.62. The average molecular weight is 357 g/mol. The van der Waals surface area contributed by atoms with Gasteiger partial charge in [0.05, 0.1) is 5.52 Å².